The van der Waals surface area contributed by atoms with Crippen LogP contribution in [0.15, 0.2) is 18.2 Å². The minimum Gasteiger partial charge on any atom is -0.496 e. The molecule has 18 heavy (non-hydrogen) atoms. The minimum absolute atomic E-state index is 0. The second-order valence-corrected chi connectivity index (χ2v) is 4.81. The van der Waals surface area contributed by atoms with Crippen LogP contribution in [0.3, 0.4) is 0 Å². The maximum Gasteiger partial charge on any atom is 0.121 e. The van der Waals surface area contributed by atoms with Gasteiger partial charge in [0.1, 0.15) is 5.75 Å². The molecule has 0 aromatic heterocycles. The third kappa shape index (κ3) is 3.37. The summed E-state index contributed by atoms with van der Waals surface area (Å²) in [7, 11) is 1.72. The van der Waals surface area contributed by atoms with E-state index in [4.69, 9.17) is 10.5 Å². The van der Waals surface area contributed by atoms with E-state index in [0.29, 0.717) is 6.04 Å². The maximum absolute atomic E-state index is 5.79. The molecular formula is C14H23ClN2O. The molecule has 2 N–H and O–H groups in total. The number of hydrogen-bond acceptors (Lipinski definition) is 3. The molecule has 0 spiro atoms. The van der Waals surface area contributed by atoms with Gasteiger partial charge in [0.2, 0.25) is 0 Å². The van der Waals surface area contributed by atoms with E-state index in [1.54, 1.807) is 7.11 Å². The standard InChI is InChI=1S/C14H22N2O.ClH/c1-11-8-12(5-6-14(11)17-2)10-16-7-3-4-13(16)9-15;/h5-6,8,13H,3-4,7,9-10,15H2,1-2H3;1H. The van der Waals surface area contributed by atoms with E-state index in [0.717, 1.165) is 18.8 Å². The number of halogens is 1. The molecule has 1 aromatic carbocycles. The Balaban J connectivity index is 0.00000162. The predicted octanol–water partition coefficient (Wildman–Crippen LogP) is 2.35. The van der Waals surface area contributed by atoms with Crippen molar-refractivity contribution in [3.05, 3.63) is 29.3 Å². The third-order valence-corrected chi connectivity index (χ3v) is 3.62. The summed E-state index contributed by atoms with van der Waals surface area (Å²) in [5.41, 5.74) is 8.34. The number of rotatable bonds is 4. The molecule has 3 nitrogen and oxygen atoms in total. The van der Waals surface area contributed by atoms with E-state index < -0.39 is 0 Å². The minimum atomic E-state index is 0. The summed E-state index contributed by atoms with van der Waals surface area (Å²) in [6, 6.07) is 6.98. The van der Waals surface area contributed by atoms with Crippen molar-refractivity contribution in [3.63, 3.8) is 0 Å². The second-order valence-electron chi connectivity index (χ2n) is 4.81. The zero-order valence-electron chi connectivity index (χ0n) is 11.2. The summed E-state index contributed by atoms with van der Waals surface area (Å²) in [4.78, 5) is 2.49. The molecule has 1 saturated heterocycles. The molecule has 0 aliphatic carbocycles. The molecule has 2 rings (SSSR count). The van der Waals surface area contributed by atoms with Gasteiger partial charge < -0.3 is 10.5 Å². The topological polar surface area (TPSA) is 38.5 Å². The second kappa shape index (κ2) is 6.98. The van der Waals surface area contributed by atoms with Gasteiger partial charge in [-0.05, 0) is 43.5 Å². The number of methoxy groups -OCH3 is 1. The van der Waals surface area contributed by atoms with E-state index in [9.17, 15) is 0 Å². The molecule has 1 fully saturated rings. The lowest BCUT2D eigenvalue weighted by Gasteiger charge is -2.23. The average molecular weight is 271 g/mol. The van der Waals surface area contributed by atoms with Gasteiger partial charge in [-0.1, -0.05) is 12.1 Å². The molecule has 1 unspecified atom stereocenters. The number of ether oxygens (including phenoxy) is 1. The fraction of sp³-hybridized carbons (Fsp3) is 0.571. The Hall–Kier alpha value is -0.770. The zero-order valence-corrected chi connectivity index (χ0v) is 12.0. The van der Waals surface area contributed by atoms with Crippen LogP contribution in [0.25, 0.3) is 0 Å². The molecule has 0 amide bonds. The molecule has 1 atom stereocenters. The first-order valence-corrected chi connectivity index (χ1v) is 6.32. The van der Waals surface area contributed by atoms with Gasteiger partial charge in [0.25, 0.3) is 0 Å². The third-order valence-electron chi connectivity index (χ3n) is 3.62. The first-order valence-electron chi connectivity index (χ1n) is 6.32. The van der Waals surface area contributed by atoms with Gasteiger partial charge in [-0.3, -0.25) is 4.90 Å². The van der Waals surface area contributed by atoms with Crippen molar-refractivity contribution >= 4 is 12.4 Å². The number of benzene rings is 1. The highest BCUT2D eigenvalue weighted by atomic mass is 35.5. The molecule has 1 heterocycles. The lowest BCUT2D eigenvalue weighted by molar-refractivity contribution is 0.250. The first kappa shape index (κ1) is 15.3. The van der Waals surface area contributed by atoms with Crippen LogP contribution in [0.5, 0.6) is 5.75 Å². The van der Waals surface area contributed by atoms with Crippen LogP contribution in [-0.4, -0.2) is 31.1 Å². The predicted molar refractivity (Wildman–Crippen MR) is 77.5 cm³/mol. The lowest BCUT2D eigenvalue weighted by Crippen LogP contribution is -2.34. The molecular weight excluding hydrogens is 248 g/mol. The van der Waals surface area contributed by atoms with Crippen molar-refractivity contribution in [2.24, 2.45) is 5.73 Å². The van der Waals surface area contributed by atoms with Gasteiger partial charge in [0.05, 0.1) is 7.11 Å². The number of nitrogens with two attached hydrogens (primary N) is 1. The fourth-order valence-corrected chi connectivity index (χ4v) is 2.64. The Morgan fingerprint density at radius 3 is 2.83 bits per heavy atom. The Bertz CT molecular complexity index is 384. The normalized spacial score (nSPS) is 19.6. The highest BCUT2D eigenvalue weighted by Crippen LogP contribution is 2.23. The maximum atomic E-state index is 5.79. The van der Waals surface area contributed by atoms with Crippen LogP contribution in [0.1, 0.15) is 24.0 Å². The molecule has 1 aromatic rings. The summed E-state index contributed by atoms with van der Waals surface area (Å²) in [5.74, 6) is 0.963. The molecule has 0 radical (unpaired) electrons. The van der Waals surface area contributed by atoms with Gasteiger partial charge in [-0.2, -0.15) is 0 Å². The van der Waals surface area contributed by atoms with Gasteiger partial charge >= 0.3 is 0 Å². The van der Waals surface area contributed by atoms with Crippen LogP contribution >= 0.6 is 12.4 Å². The summed E-state index contributed by atoms with van der Waals surface area (Å²) in [6.07, 6.45) is 2.52. The largest absolute Gasteiger partial charge is 0.496 e. The van der Waals surface area contributed by atoms with Crippen molar-refractivity contribution in [1.82, 2.24) is 4.90 Å². The summed E-state index contributed by atoms with van der Waals surface area (Å²) >= 11 is 0. The van der Waals surface area contributed by atoms with E-state index in [1.165, 1.54) is 30.5 Å². The van der Waals surface area contributed by atoms with Gasteiger partial charge in [0, 0.05) is 19.1 Å². The summed E-state index contributed by atoms with van der Waals surface area (Å²) in [6.45, 7) is 5.04. The number of aryl methyl sites for hydroxylation is 1. The number of nitrogens with zero attached hydrogens (tertiary/aromatic N) is 1. The van der Waals surface area contributed by atoms with E-state index in [2.05, 4.69) is 30.0 Å². The van der Waals surface area contributed by atoms with Crippen molar-refractivity contribution in [2.75, 3.05) is 20.2 Å². The number of likely N-dealkylation sites (tertiary alicyclic amines) is 1. The smallest absolute Gasteiger partial charge is 0.121 e. The van der Waals surface area contributed by atoms with E-state index in [-0.39, 0.29) is 12.4 Å². The summed E-state index contributed by atoms with van der Waals surface area (Å²) < 4.78 is 5.28. The first-order chi connectivity index (χ1) is 8.24. The van der Waals surface area contributed by atoms with Crippen molar-refractivity contribution in [2.45, 2.75) is 32.4 Å². The Labute approximate surface area is 116 Å². The van der Waals surface area contributed by atoms with E-state index in [1.807, 2.05) is 0 Å². The van der Waals surface area contributed by atoms with Gasteiger partial charge in [-0.15, -0.1) is 12.4 Å². The monoisotopic (exact) mass is 270 g/mol. The molecule has 0 bridgehead atoms. The molecule has 1 aliphatic heterocycles. The average Bonchev–Trinajstić information content (AvgIpc) is 2.76. The SMILES string of the molecule is COc1ccc(CN2CCCC2CN)cc1C.Cl. The Morgan fingerprint density at radius 1 is 1.44 bits per heavy atom. The van der Waals surface area contributed by atoms with Gasteiger partial charge in [0.15, 0.2) is 0 Å². The van der Waals surface area contributed by atoms with Gasteiger partial charge in [-0.25, -0.2) is 0 Å². The lowest BCUT2D eigenvalue weighted by atomic mass is 10.1. The van der Waals surface area contributed by atoms with Crippen LogP contribution in [0.2, 0.25) is 0 Å². The van der Waals surface area contributed by atoms with Crippen molar-refractivity contribution in [1.29, 1.82) is 0 Å². The molecule has 102 valence electrons. The number of hydrogen-bond donors (Lipinski definition) is 1. The quantitative estimate of drug-likeness (QED) is 0.913. The summed E-state index contributed by atoms with van der Waals surface area (Å²) in [5, 5.41) is 0. The van der Waals surface area contributed by atoms with Crippen LogP contribution in [0.4, 0.5) is 0 Å². The van der Waals surface area contributed by atoms with Crippen molar-refractivity contribution < 1.29 is 4.74 Å². The Morgan fingerprint density at radius 2 is 2.22 bits per heavy atom. The zero-order chi connectivity index (χ0) is 12.3. The molecule has 4 heteroatoms. The van der Waals surface area contributed by atoms with Crippen molar-refractivity contribution in [3.8, 4) is 5.75 Å². The van der Waals surface area contributed by atoms with Crippen LogP contribution in [-0.2, 0) is 6.54 Å². The van der Waals surface area contributed by atoms with Crippen LogP contribution < -0.4 is 10.5 Å². The molecule has 0 saturated carbocycles. The fourth-order valence-electron chi connectivity index (χ4n) is 2.64. The molecule has 1 aliphatic rings. The highest BCUT2D eigenvalue weighted by Gasteiger charge is 2.22. The van der Waals surface area contributed by atoms with Crippen LogP contribution in [0, 0.1) is 6.92 Å². The highest BCUT2D eigenvalue weighted by molar-refractivity contribution is 5.85. The van der Waals surface area contributed by atoms with E-state index >= 15 is 0 Å². The Kier molecular flexibility index (Phi) is 5.93.